The molecule has 3 amide bonds. The number of benzene rings is 3. The van der Waals surface area contributed by atoms with Crippen LogP contribution >= 0.6 is 22.9 Å². The zero-order valence-corrected chi connectivity index (χ0v) is 38.4. The number of fused-ring (bicyclic) bond motifs is 4. The average Bonchev–Trinajstić information content (AvgIpc) is 3.74. The smallest absolute Gasteiger partial charge is 0.243 e. The van der Waals surface area contributed by atoms with Gasteiger partial charge in [-0.15, -0.1) is 21.5 Å². The van der Waals surface area contributed by atoms with Crippen LogP contribution in [0.25, 0.3) is 5.00 Å². The summed E-state index contributed by atoms with van der Waals surface area (Å²) in [7, 11) is 1.93. The zero-order chi connectivity index (χ0) is 44.8. The van der Waals surface area contributed by atoms with Gasteiger partial charge in [0.2, 0.25) is 17.7 Å². The Morgan fingerprint density at radius 2 is 1.71 bits per heavy atom. The molecule has 2 aliphatic heterocycles. The summed E-state index contributed by atoms with van der Waals surface area (Å²) < 4.78 is 8.23. The third-order valence-corrected chi connectivity index (χ3v) is 13.3. The quantitative estimate of drug-likeness (QED) is 0.0753. The van der Waals surface area contributed by atoms with Crippen molar-refractivity contribution in [1.29, 1.82) is 0 Å². The second kappa shape index (κ2) is 20.3. The molecule has 0 fully saturated rings. The summed E-state index contributed by atoms with van der Waals surface area (Å²) in [6.07, 6.45) is 3.32. The first-order valence-electron chi connectivity index (χ1n) is 21.7. The van der Waals surface area contributed by atoms with Gasteiger partial charge in [-0.1, -0.05) is 74.3 Å². The van der Waals surface area contributed by atoms with Gasteiger partial charge in [0, 0.05) is 59.3 Å². The standard InChI is InChI=1S/C48H57ClN8O5S/c1-28(2)45-47(61)52-37(26-58)22-35-17-20-38(23-40(35)56(45)6)62-27-33-13-11-32(12-14-33)25-51-41(59)10-8-7-9-21-50-42(60)24-39-46-55-54-31(5)57(46)48-43(29(3)30(4)63-48)44(53-39)34-15-18-36(49)19-16-34/h11-20,23,28,37,39,45,58H,7-10,21-22,24-27H2,1-6H3,(H,50,60)(H,51,59)(H,52,61)/t37-,39+,45?/m0/s1. The van der Waals surface area contributed by atoms with Crippen molar-refractivity contribution >= 4 is 52.1 Å². The maximum atomic E-state index is 13.3. The molecule has 0 spiro atoms. The third-order valence-electron chi connectivity index (χ3n) is 11.8. The Balaban J connectivity index is 0.844. The van der Waals surface area contributed by atoms with Gasteiger partial charge in [0.15, 0.2) is 5.82 Å². The molecule has 2 aliphatic rings. The summed E-state index contributed by atoms with van der Waals surface area (Å²) in [5, 5.41) is 29.5. The number of nitrogens with zero attached hydrogens (tertiary/aromatic N) is 5. The highest BCUT2D eigenvalue weighted by atomic mass is 35.5. The number of aromatic nitrogens is 3. The van der Waals surface area contributed by atoms with Crippen molar-refractivity contribution in [3.8, 4) is 10.8 Å². The highest BCUT2D eigenvalue weighted by Gasteiger charge is 2.34. The molecule has 5 aromatic rings. The number of halogens is 1. The number of anilines is 1. The van der Waals surface area contributed by atoms with Crippen LogP contribution < -0.4 is 25.6 Å². The lowest BCUT2D eigenvalue weighted by molar-refractivity contribution is -0.124. The number of hydrogen-bond acceptors (Lipinski definition) is 10. The molecule has 0 saturated carbocycles. The van der Waals surface area contributed by atoms with Gasteiger partial charge in [0.25, 0.3) is 0 Å². The molecule has 7 rings (SSSR count). The topological polar surface area (TPSA) is 163 Å². The molecule has 4 N–H and O–H groups in total. The summed E-state index contributed by atoms with van der Waals surface area (Å²) in [4.78, 5) is 47.4. The molecule has 4 heterocycles. The molecule has 332 valence electrons. The number of hydrogen-bond donors (Lipinski definition) is 4. The molecule has 3 aromatic carbocycles. The molecule has 2 aromatic heterocycles. The molecule has 0 aliphatic carbocycles. The van der Waals surface area contributed by atoms with Crippen molar-refractivity contribution in [3.05, 3.63) is 122 Å². The maximum Gasteiger partial charge on any atom is 0.243 e. The first-order chi connectivity index (χ1) is 30.3. The predicted octanol–water partition coefficient (Wildman–Crippen LogP) is 7.26. The lowest BCUT2D eigenvalue weighted by Crippen LogP contribution is -2.54. The number of nitrogens with one attached hydrogen (secondary N) is 3. The number of carbonyl (C=O) groups excluding carboxylic acids is 3. The first kappa shape index (κ1) is 45.5. The predicted molar refractivity (Wildman–Crippen MR) is 248 cm³/mol. The number of amides is 3. The van der Waals surface area contributed by atoms with Crippen molar-refractivity contribution in [2.75, 3.05) is 25.1 Å². The fourth-order valence-corrected chi connectivity index (χ4v) is 9.67. The van der Waals surface area contributed by atoms with Gasteiger partial charge in [0.05, 0.1) is 24.8 Å². The van der Waals surface area contributed by atoms with Gasteiger partial charge < -0.3 is 30.7 Å². The summed E-state index contributed by atoms with van der Waals surface area (Å²) in [5.74, 6) is 1.92. The van der Waals surface area contributed by atoms with Crippen molar-refractivity contribution in [3.63, 3.8) is 0 Å². The minimum Gasteiger partial charge on any atom is -0.489 e. The number of likely N-dealkylation sites (N-methyl/N-ethyl adjacent to an activating group) is 1. The normalized spacial score (nSPS) is 17.1. The Morgan fingerprint density at radius 1 is 0.968 bits per heavy atom. The number of unbranched alkanes of at least 4 members (excludes halogenated alkanes) is 2. The van der Waals surface area contributed by atoms with Crippen LogP contribution in [0.4, 0.5) is 5.69 Å². The van der Waals surface area contributed by atoms with E-state index in [0.29, 0.717) is 55.6 Å². The number of aliphatic hydroxyl groups excluding tert-OH is 1. The number of rotatable bonds is 16. The van der Waals surface area contributed by atoms with E-state index in [-0.39, 0.29) is 48.8 Å². The third kappa shape index (κ3) is 10.6. The Hall–Kier alpha value is -5.57. The average molecular weight is 894 g/mol. The van der Waals surface area contributed by atoms with Crippen LogP contribution in [-0.4, -0.2) is 75.6 Å². The molecule has 0 bridgehead atoms. The van der Waals surface area contributed by atoms with Crippen LogP contribution in [0.1, 0.15) is 102 Å². The molecule has 63 heavy (non-hydrogen) atoms. The number of ether oxygens (including phenoxy) is 1. The second-order valence-electron chi connectivity index (χ2n) is 16.8. The van der Waals surface area contributed by atoms with Gasteiger partial charge in [-0.2, -0.15) is 0 Å². The monoisotopic (exact) mass is 892 g/mol. The van der Waals surface area contributed by atoms with Crippen LogP contribution in [0, 0.1) is 26.7 Å². The van der Waals surface area contributed by atoms with E-state index < -0.39 is 6.04 Å². The molecule has 15 heteroatoms. The zero-order valence-electron chi connectivity index (χ0n) is 36.8. The maximum absolute atomic E-state index is 13.3. The highest BCUT2D eigenvalue weighted by Crippen LogP contribution is 2.40. The van der Waals surface area contributed by atoms with E-state index in [2.05, 4.69) is 40.0 Å². The Labute approximate surface area is 378 Å². The van der Waals surface area contributed by atoms with Gasteiger partial charge in [-0.05, 0) is 86.4 Å². The summed E-state index contributed by atoms with van der Waals surface area (Å²) >= 11 is 7.91. The lowest BCUT2D eigenvalue weighted by Gasteiger charge is -2.37. The Morgan fingerprint density at radius 3 is 2.44 bits per heavy atom. The van der Waals surface area contributed by atoms with Crippen LogP contribution in [-0.2, 0) is 34.0 Å². The fraction of sp³-hybridized carbons (Fsp3) is 0.417. The van der Waals surface area contributed by atoms with Crippen molar-refractivity contribution in [2.24, 2.45) is 10.9 Å². The van der Waals surface area contributed by atoms with Crippen LogP contribution in [0.3, 0.4) is 0 Å². The number of thiophene rings is 1. The van der Waals surface area contributed by atoms with E-state index in [1.165, 1.54) is 4.88 Å². The van der Waals surface area contributed by atoms with E-state index >= 15 is 0 Å². The first-order valence-corrected chi connectivity index (χ1v) is 22.9. The summed E-state index contributed by atoms with van der Waals surface area (Å²) in [5.41, 5.74) is 7.83. The second-order valence-corrected chi connectivity index (χ2v) is 18.5. The van der Waals surface area contributed by atoms with Crippen molar-refractivity contribution < 1.29 is 24.2 Å². The Bertz CT molecular complexity index is 2460. The van der Waals surface area contributed by atoms with E-state index in [9.17, 15) is 19.5 Å². The van der Waals surface area contributed by atoms with Crippen LogP contribution in [0.5, 0.6) is 5.75 Å². The van der Waals surface area contributed by atoms with Crippen LogP contribution in [0.15, 0.2) is 71.7 Å². The van der Waals surface area contributed by atoms with E-state index in [0.717, 1.165) is 68.4 Å². The molecule has 13 nitrogen and oxygen atoms in total. The van der Waals surface area contributed by atoms with Gasteiger partial charge >= 0.3 is 0 Å². The van der Waals surface area contributed by atoms with Crippen molar-refractivity contribution in [2.45, 2.75) is 104 Å². The van der Waals surface area contributed by atoms with Gasteiger partial charge in [-0.25, -0.2) is 0 Å². The SMILES string of the molecule is Cc1sc2c(c1C)C(c1ccc(Cl)cc1)=N[C@H](CC(=O)NCCCCCC(=O)NCc1ccc(COc3ccc4c(c3)N(C)C(C(C)C)C(=O)N[C@H](CO)C4)cc1)c1nnc(C)n1-2. The molecule has 3 atom stereocenters. The number of aryl methyl sites for hydroxylation is 2. The number of carbonyl (C=O) groups is 3. The number of aliphatic imine (C=N–C) groups is 1. The van der Waals surface area contributed by atoms with Gasteiger partial charge in [0.1, 0.15) is 35.3 Å². The van der Waals surface area contributed by atoms with Crippen molar-refractivity contribution in [1.82, 2.24) is 30.7 Å². The number of aliphatic hydroxyl groups is 1. The highest BCUT2D eigenvalue weighted by molar-refractivity contribution is 7.15. The lowest BCUT2D eigenvalue weighted by atomic mass is 9.95. The van der Waals surface area contributed by atoms with E-state index in [1.54, 1.807) is 11.3 Å². The molecular formula is C48H57ClN8O5S. The van der Waals surface area contributed by atoms with E-state index in [4.69, 9.17) is 21.3 Å². The van der Waals surface area contributed by atoms with Gasteiger partial charge in [-0.3, -0.25) is 23.9 Å². The molecule has 1 unspecified atom stereocenters. The molecule has 0 saturated heterocycles. The summed E-state index contributed by atoms with van der Waals surface area (Å²) in [6, 6.07) is 20.3. The van der Waals surface area contributed by atoms with E-state index in [1.807, 2.05) is 104 Å². The summed E-state index contributed by atoms with van der Waals surface area (Å²) in [6.45, 7) is 11.3. The minimum atomic E-state index is -0.533. The van der Waals surface area contributed by atoms with Crippen LogP contribution in [0.2, 0.25) is 5.02 Å². The fourth-order valence-electron chi connectivity index (χ4n) is 8.33. The largest absolute Gasteiger partial charge is 0.489 e. The molecular weight excluding hydrogens is 836 g/mol. The Kier molecular flexibility index (Phi) is 14.6. The molecule has 0 radical (unpaired) electrons. The minimum absolute atomic E-state index is 0.0149.